The van der Waals surface area contributed by atoms with Crippen LogP contribution in [0.1, 0.15) is 39.7 Å². The van der Waals surface area contributed by atoms with Crippen LogP contribution in [0.2, 0.25) is 0 Å². The molecule has 0 bridgehead atoms. The number of ketones is 1. The number of benzene rings is 2. The lowest BCUT2D eigenvalue weighted by Crippen LogP contribution is -2.28. The van der Waals surface area contributed by atoms with E-state index in [-0.39, 0.29) is 18.1 Å². The van der Waals surface area contributed by atoms with Gasteiger partial charge in [-0.15, -0.1) is 0 Å². The number of hydrogen-bond donors (Lipinski definition) is 1. The van der Waals surface area contributed by atoms with Crippen LogP contribution >= 0.6 is 0 Å². The Kier molecular flexibility index (Phi) is 7.68. The number of aliphatic carboxylic acids is 1. The Morgan fingerprint density at radius 1 is 1.06 bits per heavy atom. The van der Waals surface area contributed by atoms with Crippen molar-refractivity contribution in [3.8, 4) is 5.75 Å². The van der Waals surface area contributed by atoms with E-state index < -0.39 is 12.1 Å². The van der Waals surface area contributed by atoms with E-state index in [1.807, 2.05) is 13.0 Å². The Balaban J connectivity index is 1.73. The molecular formula is C25H25FN2O4. The second-order valence-corrected chi connectivity index (χ2v) is 7.65. The van der Waals surface area contributed by atoms with Crippen molar-refractivity contribution in [1.82, 2.24) is 9.88 Å². The number of rotatable bonds is 10. The molecule has 6 nitrogen and oxygen atoms in total. The third-order valence-electron chi connectivity index (χ3n) is 4.96. The standard InChI is InChI=1S/C25H25FN2O4/c1-17-3-12-22(27-15-17)25(31)19-6-10-21(11-7-19)32-23(13-14-28(2)16-24(29)30)18-4-8-20(26)9-5-18/h3-12,15,23H,13-14,16H2,1-2H3,(H,29,30). The summed E-state index contributed by atoms with van der Waals surface area (Å²) >= 11 is 0. The minimum absolute atomic E-state index is 0.0833. The summed E-state index contributed by atoms with van der Waals surface area (Å²) in [7, 11) is 1.72. The van der Waals surface area contributed by atoms with Crippen LogP contribution in [-0.2, 0) is 4.79 Å². The SMILES string of the molecule is Cc1ccc(C(=O)c2ccc(OC(CCN(C)CC(=O)O)c3ccc(F)cc3)cc2)nc1. The van der Waals surface area contributed by atoms with Gasteiger partial charge in [-0.3, -0.25) is 19.5 Å². The number of pyridine rings is 1. The van der Waals surface area contributed by atoms with E-state index in [4.69, 9.17) is 9.84 Å². The van der Waals surface area contributed by atoms with E-state index in [0.29, 0.717) is 30.0 Å². The van der Waals surface area contributed by atoms with Crippen LogP contribution in [-0.4, -0.2) is 46.9 Å². The molecule has 3 rings (SSSR count). The third kappa shape index (κ3) is 6.46. The zero-order chi connectivity index (χ0) is 23.1. The Bertz CT molecular complexity index is 1050. The molecule has 1 atom stereocenters. The number of aromatic nitrogens is 1. The fourth-order valence-corrected chi connectivity index (χ4v) is 3.22. The molecule has 0 spiro atoms. The van der Waals surface area contributed by atoms with Crippen molar-refractivity contribution in [2.75, 3.05) is 20.1 Å². The number of carbonyl (C=O) groups is 2. The van der Waals surface area contributed by atoms with E-state index >= 15 is 0 Å². The quantitative estimate of drug-likeness (QED) is 0.478. The van der Waals surface area contributed by atoms with Crippen LogP contribution in [0.3, 0.4) is 0 Å². The normalized spacial score (nSPS) is 11.9. The molecule has 0 aliphatic rings. The monoisotopic (exact) mass is 436 g/mol. The molecule has 1 heterocycles. The summed E-state index contributed by atoms with van der Waals surface area (Å²) in [5.74, 6) is -0.881. The van der Waals surface area contributed by atoms with Crippen LogP contribution < -0.4 is 4.74 Å². The van der Waals surface area contributed by atoms with Crippen LogP contribution in [0.25, 0.3) is 0 Å². The van der Waals surface area contributed by atoms with Gasteiger partial charge in [-0.1, -0.05) is 18.2 Å². The number of aryl methyl sites for hydroxylation is 1. The van der Waals surface area contributed by atoms with Crippen molar-refractivity contribution in [2.24, 2.45) is 0 Å². The third-order valence-corrected chi connectivity index (χ3v) is 4.96. The first kappa shape index (κ1) is 23.1. The Morgan fingerprint density at radius 2 is 1.75 bits per heavy atom. The molecule has 166 valence electrons. The molecule has 1 aromatic heterocycles. The van der Waals surface area contributed by atoms with Gasteiger partial charge in [0.05, 0.1) is 6.54 Å². The highest BCUT2D eigenvalue weighted by molar-refractivity contribution is 6.07. The molecule has 0 amide bonds. The average Bonchev–Trinajstić information content (AvgIpc) is 2.77. The lowest BCUT2D eigenvalue weighted by Gasteiger charge is -2.22. The number of hydrogen-bond acceptors (Lipinski definition) is 5. The maximum absolute atomic E-state index is 13.4. The molecule has 0 aliphatic carbocycles. The Hall–Kier alpha value is -3.58. The van der Waals surface area contributed by atoms with Crippen molar-refractivity contribution < 1.29 is 23.8 Å². The smallest absolute Gasteiger partial charge is 0.317 e. The van der Waals surface area contributed by atoms with Crippen molar-refractivity contribution in [2.45, 2.75) is 19.4 Å². The fraction of sp³-hybridized carbons (Fsp3) is 0.240. The highest BCUT2D eigenvalue weighted by Gasteiger charge is 2.17. The minimum Gasteiger partial charge on any atom is -0.486 e. The maximum atomic E-state index is 13.4. The molecule has 0 saturated carbocycles. The molecule has 7 heteroatoms. The van der Waals surface area contributed by atoms with Crippen molar-refractivity contribution in [3.63, 3.8) is 0 Å². The number of likely N-dealkylation sites (N-methyl/N-ethyl adjacent to an activating group) is 1. The van der Waals surface area contributed by atoms with Crippen molar-refractivity contribution in [3.05, 3.63) is 95.1 Å². The van der Waals surface area contributed by atoms with Gasteiger partial charge in [-0.05, 0) is 67.6 Å². The molecule has 1 unspecified atom stereocenters. The number of halogens is 1. The predicted molar refractivity (Wildman–Crippen MR) is 118 cm³/mol. The average molecular weight is 436 g/mol. The first-order valence-corrected chi connectivity index (χ1v) is 10.2. The Morgan fingerprint density at radius 3 is 2.34 bits per heavy atom. The molecular weight excluding hydrogens is 411 g/mol. The lowest BCUT2D eigenvalue weighted by molar-refractivity contribution is -0.138. The number of nitrogens with zero attached hydrogens (tertiary/aromatic N) is 2. The molecule has 0 saturated heterocycles. The van der Waals surface area contributed by atoms with Gasteiger partial charge in [0.15, 0.2) is 0 Å². The van der Waals surface area contributed by atoms with Crippen LogP contribution in [0.15, 0.2) is 66.9 Å². The summed E-state index contributed by atoms with van der Waals surface area (Å²) in [5.41, 5.74) is 2.62. The number of ether oxygens (including phenoxy) is 1. The summed E-state index contributed by atoms with van der Waals surface area (Å²) in [6.07, 6.45) is 1.75. The highest BCUT2D eigenvalue weighted by atomic mass is 19.1. The second kappa shape index (κ2) is 10.6. The molecule has 1 N–H and O–H groups in total. The predicted octanol–water partition coefficient (Wildman–Crippen LogP) is 4.29. The fourth-order valence-electron chi connectivity index (χ4n) is 3.22. The van der Waals surface area contributed by atoms with Gasteiger partial charge in [-0.2, -0.15) is 0 Å². The van der Waals surface area contributed by atoms with Gasteiger partial charge < -0.3 is 9.84 Å². The van der Waals surface area contributed by atoms with Crippen LogP contribution in [0.5, 0.6) is 5.75 Å². The summed E-state index contributed by atoms with van der Waals surface area (Å²) < 4.78 is 19.5. The molecule has 0 fully saturated rings. The van der Waals surface area contributed by atoms with Crippen molar-refractivity contribution >= 4 is 11.8 Å². The highest BCUT2D eigenvalue weighted by Crippen LogP contribution is 2.26. The van der Waals surface area contributed by atoms with Gasteiger partial charge in [0.2, 0.25) is 5.78 Å². The first-order chi connectivity index (χ1) is 15.3. The van der Waals surface area contributed by atoms with Gasteiger partial charge in [0, 0.05) is 24.7 Å². The largest absolute Gasteiger partial charge is 0.486 e. The summed E-state index contributed by atoms with van der Waals surface area (Å²) in [5, 5.41) is 8.95. The van der Waals surface area contributed by atoms with E-state index in [1.165, 1.54) is 12.1 Å². The maximum Gasteiger partial charge on any atom is 0.317 e. The molecule has 0 aliphatic heterocycles. The van der Waals surface area contributed by atoms with Gasteiger partial charge >= 0.3 is 5.97 Å². The Labute approximate surface area is 186 Å². The van der Waals surface area contributed by atoms with Crippen LogP contribution in [0, 0.1) is 12.7 Å². The summed E-state index contributed by atoms with van der Waals surface area (Å²) in [6, 6.07) is 16.3. The van der Waals surface area contributed by atoms with Crippen LogP contribution in [0.4, 0.5) is 4.39 Å². The molecule has 2 aromatic carbocycles. The lowest BCUT2D eigenvalue weighted by atomic mass is 10.1. The zero-order valence-electron chi connectivity index (χ0n) is 18.0. The van der Waals surface area contributed by atoms with E-state index in [9.17, 15) is 14.0 Å². The molecule has 3 aromatic rings. The number of carbonyl (C=O) groups excluding carboxylic acids is 1. The minimum atomic E-state index is -0.907. The van der Waals surface area contributed by atoms with Crippen molar-refractivity contribution in [1.29, 1.82) is 0 Å². The second-order valence-electron chi connectivity index (χ2n) is 7.65. The number of carboxylic acid groups (broad SMARTS) is 1. The summed E-state index contributed by atoms with van der Waals surface area (Å²) in [4.78, 5) is 29.4. The van der Waals surface area contributed by atoms with E-state index in [1.54, 1.807) is 60.6 Å². The van der Waals surface area contributed by atoms with E-state index in [2.05, 4.69) is 4.98 Å². The molecule has 32 heavy (non-hydrogen) atoms. The molecule has 0 radical (unpaired) electrons. The van der Waals surface area contributed by atoms with Gasteiger partial charge in [0.1, 0.15) is 23.4 Å². The van der Waals surface area contributed by atoms with Gasteiger partial charge in [-0.25, -0.2) is 4.39 Å². The zero-order valence-corrected chi connectivity index (χ0v) is 18.0. The summed E-state index contributed by atoms with van der Waals surface area (Å²) in [6.45, 7) is 2.30. The van der Waals surface area contributed by atoms with Gasteiger partial charge in [0.25, 0.3) is 0 Å². The topological polar surface area (TPSA) is 79.7 Å². The number of carboxylic acids is 1. The van der Waals surface area contributed by atoms with E-state index in [0.717, 1.165) is 11.1 Å². The first-order valence-electron chi connectivity index (χ1n) is 10.2.